The minimum atomic E-state index is -3.73. The molecular weight excluding hydrogens is 384 g/mol. The third-order valence-electron chi connectivity index (χ3n) is 4.26. The average molecular weight is 407 g/mol. The van der Waals surface area contributed by atoms with Gasteiger partial charge >= 0.3 is 0 Å². The van der Waals surface area contributed by atoms with Crippen LogP contribution in [0.15, 0.2) is 40.3 Å². The van der Waals surface area contributed by atoms with Crippen molar-refractivity contribution in [3.05, 3.63) is 47.0 Å². The number of sulfonamides is 1. The maximum Gasteiger partial charge on any atom is 0.269 e. The molecule has 0 bridgehead atoms. The highest BCUT2D eigenvalue weighted by Gasteiger charge is 2.21. The largest absolute Gasteiger partial charge is 0.296 e. The Balaban J connectivity index is 1.58. The van der Waals surface area contributed by atoms with Crippen LogP contribution in [0.2, 0.25) is 0 Å². The molecule has 0 saturated carbocycles. The second-order valence-electron chi connectivity index (χ2n) is 6.45. The van der Waals surface area contributed by atoms with Crippen molar-refractivity contribution in [3.63, 3.8) is 0 Å². The van der Waals surface area contributed by atoms with Crippen LogP contribution in [0.3, 0.4) is 0 Å². The molecule has 27 heavy (non-hydrogen) atoms. The van der Waals surface area contributed by atoms with Gasteiger partial charge in [0, 0.05) is 12.1 Å². The summed E-state index contributed by atoms with van der Waals surface area (Å²) in [7, 11) is -3.73. The number of carbonyl (C=O) groups is 1. The number of carbonyl (C=O) groups excluding carboxylic acids is 1. The number of amides is 1. The van der Waals surface area contributed by atoms with E-state index < -0.39 is 10.0 Å². The van der Waals surface area contributed by atoms with Gasteiger partial charge in [0.15, 0.2) is 0 Å². The van der Waals surface area contributed by atoms with Gasteiger partial charge in [0.1, 0.15) is 0 Å². The molecule has 1 amide bonds. The highest BCUT2D eigenvalue weighted by Crippen LogP contribution is 2.22. The second-order valence-corrected chi connectivity index (χ2v) is 9.37. The van der Waals surface area contributed by atoms with Crippen molar-refractivity contribution in [2.45, 2.75) is 43.4 Å². The van der Waals surface area contributed by atoms with Crippen molar-refractivity contribution >= 4 is 32.4 Å². The maximum atomic E-state index is 12.4. The zero-order valence-corrected chi connectivity index (χ0v) is 16.7. The van der Waals surface area contributed by atoms with Gasteiger partial charge in [-0.1, -0.05) is 40.7 Å². The van der Waals surface area contributed by atoms with Crippen LogP contribution in [0.25, 0.3) is 0 Å². The van der Waals surface area contributed by atoms with Crippen LogP contribution >= 0.6 is 11.3 Å². The molecule has 1 aliphatic rings. The van der Waals surface area contributed by atoms with Gasteiger partial charge < -0.3 is 0 Å². The van der Waals surface area contributed by atoms with Gasteiger partial charge in [-0.25, -0.2) is 13.1 Å². The molecule has 0 saturated heterocycles. The fraction of sp³-hybridized carbons (Fsp3) is 0.389. The molecule has 1 heterocycles. The number of aromatic nitrogens is 2. The molecule has 3 rings (SSSR count). The van der Waals surface area contributed by atoms with E-state index >= 15 is 0 Å². The lowest BCUT2D eigenvalue weighted by Crippen LogP contribution is -2.25. The zero-order chi connectivity index (χ0) is 19.3. The van der Waals surface area contributed by atoms with Gasteiger partial charge in [0.05, 0.1) is 0 Å². The third kappa shape index (κ3) is 5.44. The van der Waals surface area contributed by atoms with E-state index in [1.54, 1.807) is 18.2 Å². The monoisotopic (exact) mass is 406 g/mol. The first-order chi connectivity index (χ1) is 12.9. The Morgan fingerprint density at radius 1 is 1.26 bits per heavy atom. The van der Waals surface area contributed by atoms with E-state index in [-0.39, 0.29) is 15.4 Å². The Labute approximate surface area is 163 Å². The molecule has 0 unspecified atom stereocenters. The summed E-state index contributed by atoms with van der Waals surface area (Å²) in [6, 6.07) is 7.10. The number of rotatable bonds is 7. The van der Waals surface area contributed by atoms with Crippen molar-refractivity contribution in [3.8, 4) is 0 Å². The van der Waals surface area contributed by atoms with E-state index in [1.807, 2.05) is 13.0 Å². The van der Waals surface area contributed by atoms with Crippen molar-refractivity contribution in [1.82, 2.24) is 14.9 Å². The first-order valence-electron chi connectivity index (χ1n) is 8.83. The van der Waals surface area contributed by atoms with Crippen molar-refractivity contribution in [1.29, 1.82) is 0 Å². The topological polar surface area (TPSA) is 101 Å². The second kappa shape index (κ2) is 8.73. The average Bonchev–Trinajstić information content (AvgIpc) is 3.12. The molecule has 9 heteroatoms. The zero-order valence-electron chi connectivity index (χ0n) is 15.1. The summed E-state index contributed by atoms with van der Waals surface area (Å²) in [5.41, 5.74) is 2.74. The summed E-state index contributed by atoms with van der Waals surface area (Å²) in [6.45, 7) is 2.22. The molecule has 1 aromatic heterocycles. The van der Waals surface area contributed by atoms with Crippen LogP contribution in [0, 0.1) is 6.92 Å². The fourth-order valence-electron chi connectivity index (χ4n) is 2.86. The maximum absolute atomic E-state index is 12.4. The summed E-state index contributed by atoms with van der Waals surface area (Å²) >= 11 is 0.834. The molecular formula is C18H22N4O3S2. The van der Waals surface area contributed by atoms with E-state index in [0.717, 1.165) is 29.7 Å². The first-order valence-corrected chi connectivity index (χ1v) is 11.1. The molecule has 1 aromatic carbocycles. The highest BCUT2D eigenvalue weighted by atomic mass is 32.2. The quantitative estimate of drug-likeness (QED) is 0.543. The minimum Gasteiger partial charge on any atom is -0.296 e. The normalized spacial score (nSPS) is 14.6. The fourth-order valence-corrected chi connectivity index (χ4v) is 4.83. The van der Waals surface area contributed by atoms with Gasteiger partial charge in [-0.15, -0.1) is 10.2 Å². The van der Waals surface area contributed by atoms with E-state index in [1.165, 1.54) is 18.4 Å². The molecule has 0 spiro atoms. The SMILES string of the molecule is Cc1cccc(C(=O)Nc2nnc(S(=O)(=O)NCCC3=CCCCC3)s2)c1. The van der Waals surface area contributed by atoms with Gasteiger partial charge in [-0.3, -0.25) is 10.1 Å². The number of aryl methyl sites for hydroxylation is 1. The minimum absolute atomic E-state index is 0.150. The van der Waals surface area contributed by atoms with Crippen LogP contribution < -0.4 is 10.0 Å². The van der Waals surface area contributed by atoms with Crippen LogP contribution in [-0.4, -0.2) is 31.1 Å². The van der Waals surface area contributed by atoms with Gasteiger partial charge in [-0.05, 0) is 51.2 Å². The Kier molecular flexibility index (Phi) is 6.35. The molecule has 144 valence electrons. The van der Waals surface area contributed by atoms with Crippen LogP contribution in [-0.2, 0) is 10.0 Å². The predicted molar refractivity (Wildman–Crippen MR) is 105 cm³/mol. The van der Waals surface area contributed by atoms with E-state index in [9.17, 15) is 13.2 Å². The Morgan fingerprint density at radius 3 is 2.85 bits per heavy atom. The number of hydrogen-bond donors (Lipinski definition) is 2. The molecule has 2 N–H and O–H groups in total. The number of nitrogens with one attached hydrogen (secondary N) is 2. The third-order valence-corrected chi connectivity index (χ3v) is 6.93. The molecule has 1 aliphatic carbocycles. The van der Waals surface area contributed by atoms with Crippen molar-refractivity contribution in [2.24, 2.45) is 0 Å². The summed E-state index contributed by atoms with van der Waals surface area (Å²) < 4.78 is 27.1. The molecule has 0 aliphatic heterocycles. The lowest BCUT2D eigenvalue weighted by molar-refractivity contribution is 0.102. The standard InChI is InChI=1S/C18H22N4O3S2/c1-13-6-5-9-15(12-13)16(23)20-17-21-22-18(26-17)27(24,25)19-11-10-14-7-3-2-4-8-14/h5-7,9,12,19H,2-4,8,10-11H2,1H3,(H,20,21,23). The predicted octanol–water partition coefficient (Wildman–Crippen LogP) is 3.27. The Bertz CT molecular complexity index is 951. The summed E-state index contributed by atoms with van der Waals surface area (Å²) in [5, 5.41) is 10.2. The van der Waals surface area contributed by atoms with Crippen molar-refractivity contribution < 1.29 is 13.2 Å². The summed E-state index contributed by atoms with van der Waals surface area (Å²) in [4.78, 5) is 12.2. The number of nitrogens with zero attached hydrogens (tertiary/aromatic N) is 2. The highest BCUT2D eigenvalue weighted by molar-refractivity contribution is 7.91. The Morgan fingerprint density at radius 2 is 2.11 bits per heavy atom. The first kappa shape index (κ1) is 19.7. The van der Waals surface area contributed by atoms with Gasteiger partial charge in [-0.2, -0.15) is 0 Å². The van der Waals surface area contributed by atoms with E-state index in [2.05, 4.69) is 26.3 Å². The van der Waals surface area contributed by atoms with E-state index in [4.69, 9.17) is 0 Å². The summed E-state index contributed by atoms with van der Waals surface area (Å²) in [5.74, 6) is -0.351. The molecule has 2 aromatic rings. The lowest BCUT2D eigenvalue weighted by Gasteiger charge is -2.12. The smallest absolute Gasteiger partial charge is 0.269 e. The van der Waals surface area contributed by atoms with Crippen LogP contribution in [0.4, 0.5) is 5.13 Å². The molecule has 0 atom stereocenters. The van der Waals surface area contributed by atoms with Gasteiger partial charge in [0.25, 0.3) is 15.9 Å². The number of allylic oxidation sites excluding steroid dienone is 1. The van der Waals surface area contributed by atoms with Crippen LogP contribution in [0.5, 0.6) is 0 Å². The number of hydrogen-bond acceptors (Lipinski definition) is 6. The molecule has 0 radical (unpaired) electrons. The number of anilines is 1. The summed E-state index contributed by atoms with van der Waals surface area (Å²) in [6.07, 6.45) is 7.38. The molecule has 0 fully saturated rings. The van der Waals surface area contributed by atoms with Crippen LogP contribution in [0.1, 0.15) is 48.0 Å². The molecule has 7 nitrogen and oxygen atoms in total. The lowest BCUT2D eigenvalue weighted by atomic mass is 9.97. The Hall–Kier alpha value is -2.10. The van der Waals surface area contributed by atoms with Gasteiger partial charge in [0.2, 0.25) is 9.47 Å². The van der Waals surface area contributed by atoms with E-state index in [0.29, 0.717) is 18.5 Å². The number of benzene rings is 1. The van der Waals surface area contributed by atoms with Crippen molar-refractivity contribution in [2.75, 3.05) is 11.9 Å².